The fourth-order valence-corrected chi connectivity index (χ4v) is 1.91. The van der Waals surface area contributed by atoms with Crippen LogP contribution in [0.2, 0.25) is 0 Å². The van der Waals surface area contributed by atoms with Crippen molar-refractivity contribution in [3.05, 3.63) is 23.9 Å². The van der Waals surface area contributed by atoms with Crippen LogP contribution in [0.15, 0.2) is 23.4 Å². The van der Waals surface area contributed by atoms with Crippen molar-refractivity contribution >= 4 is 23.4 Å². The molecule has 2 nitrogen and oxygen atoms in total. The first-order chi connectivity index (χ1) is 6.76. The monoisotopic (exact) mass is 226 g/mol. The SMILES string of the molecule is CC(CCl)CSc1ccc(C#N)cn1. The Morgan fingerprint density at radius 3 is 2.93 bits per heavy atom. The molecular formula is C10H11ClN2S. The van der Waals surface area contributed by atoms with E-state index in [-0.39, 0.29) is 0 Å². The number of aromatic nitrogens is 1. The van der Waals surface area contributed by atoms with E-state index in [1.807, 2.05) is 12.1 Å². The van der Waals surface area contributed by atoms with Crippen molar-refractivity contribution in [3.8, 4) is 6.07 Å². The van der Waals surface area contributed by atoms with Crippen molar-refractivity contribution in [1.82, 2.24) is 4.98 Å². The number of rotatable bonds is 4. The molecule has 1 unspecified atom stereocenters. The van der Waals surface area contributed by atoms with E-state index >= 15 is 0 Å². The molecule has 14 heavy (non-hydrogen) atoms. The molecule has 1 rings (SSSR count). The number of nitriles is 1. The van der Waals surface area contributed by atoms with Gasteiger partial charge in [0.15, 0.2) is 0 Å². The van der Waals surface area contributed by atoms with Gasteiger partial charge in [0.2, 0.25) is 0 Å². The van der Waals surface area contributed by atoms with Gasteiger partial charge in [0.25, 0.3) is 0 Å². The van der Waals surface area contributed by atoms with Gasteiger partial charge in [0.05, 0.1) is 10.6 Å². The number of pyridine rings is 1. The molecule has 0 bridgehead atoms. The highest BCUT2D eigenvalue weighted by molar-refractivity contribution is 7.99. The number of thioether (sulfide) groups is 1. The molecule has 0 aromatic carbocycles. The minimum absolute atomic E-state index is 0.485. The van der Waals surface area contributed by atoms with Gasteiger partial charge < -0.3 is 0 Å². The fourth-order valence-electron chi connectivity index (χ4n) is 0.804. The third-order valence-corrected chi connectivity index (χ3v) is 3.44. The van der Waals surface area contributed by atoms with Crippen LogP contribution < -0.4 is 0 Å². The second-order valence-electron chi connectivity index (χ2n) is 3.07. The molecule has 1 atom stereocenters. The second kappa shape index (κ2) is 5.90. The Morgan fingerprint density at radius 1 is 1.64 bits per heavy atom. The topological polar surface area (TPSA) is 36.7 Å². The summed E-state index contributed by atoms with van der Waals surface area (Å²) in [5, 5.41) is 9.52. The molecule has 0 aliphatic heterocycles. The maximum absolute atomic E-state index is 8.57. The van der Waals surface area contributed by atoms with Crippen molar-refractivity contribution in [2.75, 3.05) is 11.6 Å². The summed E-state index contributed by atoms with van der Waals surface area (Å²) in [5.74, 6) is 2.12. The third-order valence-electron chi connectivity index (χ3n) is 1.64. The normalized spacial score (nSPS) is 12.1. The summed E-state index contributed by atoms with van der Waals surface area (Å²) in [7, 11) is 0. The van der Waals surface area contributed by atoms with Gasteiger partial charge in [-0.1, -0.05) is 6.92 Å². The van der Waals surface area contributed by atoms with Gasteiger partial charge in [0, 0.05) is 17.8 Å². The predicted octanol–water partition coefficient (Wildman–Crippen LogP) is 2.92. The Hall–Kier alpha value is -0.720. The van der Waals surface area contributed by atoms with E-state index in [0.29, 0.717) is 17.4 Å². The fraction of sp³-hybridized carbons (Fsp3) is 0.400. The van der Waals surface area contributed by atoms with E-state index in [1.165, 1.54) is 0 Å². The molecule has 0 fully saturated rings. The lowest BCUT2D eigenvalue weighted by molar-refractivity contribution is 0.758. The van der Waals surface area contributed by atoms with Crippen LogP contribution in [-0.2, 0) is 0 Å². The molecule has 0 saturated carbocycles. The van der Waals surface area contributed by atoms with E-state index in [4.69, 9.17) is 16.9 Å². The van der Waals surface area contributed by atoms with Crippen LogP contribution in [0.25, 0.3) is 0 Å². The maximum atomic E-state index is 8.57. The minimum Gasteiger partial charge on any atom is -0.249 e. The number of hydrogen-bond acceptors (Lipinski definition) is 3. The van der Waals surface area contributed by atoms with Crippen LogP contribution >= 0.6 is 23.4 Å². The molecular weight excluding hydrogens is 216 g/mol. The van der Waals surface area contributed by atoms with Crippen LogP contribution in [0.5, 0.6) is 0 Å². The summed E-state index contributed by atoms with van der Waals surface area (Å²) in [4.78, 5) is 4.15. The van der Waals surface area contributed by atoms with Crippen LogP contribution in [-0.4, -0.2) is 16.6 Å². The van der Waals surface area contributed by atoms with E-state index in [0.717, 1.165) is 10.8 Å². The lowest BCUT2D eigenvalue weighted by Gasteiger charge is -2.05. The Morgan fingerprint density at radius 2 is 2.43 bits per heavy atom. The first kappa shape index (κ1) is 11.4. The Balaban J connectivity index is 2.49. The largest absolute Gasteiger partial charge is 0.249 e. The van der Waals surface area contributed by atoms with Crippen molar-refractivity contribution in [2.24, 2.45) is 5.92 Å². The molecule has 0 N–H and O–H groups in total. The van der Waals surface area contributed by atoms with Crippen LogP contribution in [0.1, 0.15) is 12.5 Å². The van der Waals surface area contributed by atoms with Crippen LogP contribution in [0, 0.1) is 17.2 Å². The third kappa shape index (κ3) is 3.57. The summed E-state index contributed by atoms with van der Waals surface area (Å²) in [6, 6.07) is 5.68. The molecule has 1 aromatic rings. The van der Waals surface area contributed by atoms with Gasteiger partial charge in [-0.05, 0) is 18.1 Å². The lowest BCUT2D eigenvalue weighted by atomic mass is 10.3. The highest BCUT2D eigenvalue weighted by Crippen LogP contribution is 2.18. The zero-order valence-electron chi connectivity index (χ0n) is 7.90. The summed E-state index contributed by atoms with van der Waals surface area (Å²) in [6.07, 6.45) is 1.59. The zero-order valence-corrected chi connectivity index (χ0v) is 9.48. The number of hydrogen-bond donors (Lipinski definition) is 0. The summed E-state index contributed by atoms with van der Waals surface area (Å²) >= 11 is 7.36. The first-order valence-corrected chi connectivity index (χ1v) is 5.83. The Kier molecular flexibility index (Phi) is 4.78. The predicted molar refractivity (Wildman–Crippen MR) is 59.6 cm³/mol. The number of nitrogens with zero attached hydrogens (tertiary/aromatic N) is 2. The van der Waals surface area contributed by atoms with Gasteiger partial charge in [-0.25, -0.2) is 4.98 Å². The molecule has 74 valence electrons. The summed E-state index contributed by atoms with van der Waals surface area (Å²) in [6.45, 7) is 2.10. The van der Waals surface area contributed by atoms with Crippen LogP contribution in [0.3, 0.4) is 0 Å². The maximum Gasteiger partial charge on any atom is 0.101 e. The molecule has 0 saturated heterocycles. The average Bonchev–Trinajstić information content (AvgIpc) is 2.26. The lowest BCUT2D eigenvalue weighted by Crippen LogP contribution is -1.99. The molecule has 1 heterocycles. The second-order valence-corrected chi connectivity index (χ2v) is 4.42. The molecule has 0 aliphatic carbocycles. The number of alkyl halides is 1. The Labute approximate surface area is 93.3 Å². The minimum atomic E-state index is 0.485. The zero-order chi connectivity index (χ0) is 10.4. The molecule has 4 heteroatoms. The van der Waals surface area contributed by atoms with Gasteiger partial charge in [-0.2, -0.15) is 5.26 Å². The van der Waals surface area contributed by atoms with Gasteiger partial charge in [-0.3, -0.25) is 0 Å². The van der Waals surface area contributed by atoms with E-state index in [9.17, 15) is 0 Å². The summed E-state index contributed by atoms with van der Waals surface area (Å²) < 4.78 is 0. The Bertz CT molecular complexity index is 318. The quantitative estimate of drug-likeness (QED) is 0.585. The molecule has 0 amide bonds. The van der Waals surface area contributed by atoms with Gasteiger partial charge in [0.1, 0.15) is 6.07 Å². The summed E-state index contributed by atoms with van der Waals surface area (Å²) in [5.41, 5.74) is 0.597. The van der Waals surface area contributed by atoms with Crippen LogP contribution in [0.4, 0.5) is 0 Å². The molecule has 0 radical (unpaired) electrons. The van der Waals surface area contributed by atoms with E-state index in [2.05, 4.69) is 11.9 Å². The highest BCUT2D eigenvalue weighted by atomic mass is 35.5. The van der Waals surface area contributed by atoms with Crippen molar-refractivity contribution in [1.29, 1.82) is 5.26 Å². The smallest absolute Gasteiger partial charge is 0.101 e. The molecule has 1 aromatic heterocycles. The van der Waals surface area contributed by atoms with E-state index in [1.54, 1.807) is 24.0 Å². The first-order valence-electron chi connectivity index (χ1n) is 4.31. The van der Waals surface area contributed by atoms with Gasteiger partial charge >= 0.3 is 0 Å². The standard InChI is InChI=1S/C10H11ClN2S/c1-8(4-11)7-14-10-3-2-9(5-12)6-13-10/h2-3,6,8H,4,7H2,1H3. The van der Waals surface area contributed by atoms with Gasteiger partial charge in [-0.15, -0.1) is 23.4 Å². The molecule has 0 spiro atoms. The van der Waals surface area contributed by atoms with Crippen molar-refractivity contribution in [2.45, 2.75) is 11.9 Å². The van der Waals surface area contributed by atoms with Crippen molar-refractivity contribution < 1.29 is 0 Å². The van der Waals surface area contributed by atoms with Crippen molar-refractivity contribution in [3.63, 3.8) is 0 Å². The highest BCUT2D eigenvalue weighted by Gasteiger charge is 2.02. The van der Waals surface area contributed by atoms with E-state index < -0.39 is 0 Å². The number of halogens is 1. The average molecular weight is 227 g/mol. The molecule has 0 aliphatic rings.